The number of rotatable bonds is 1. The van der Waals surface area contributed by atoms with E-state index in [0.29, 0.717) is 6.04 Å². The Hall–Kier alpha value is -1.62. The molecular weight excluding hydrogens is 250 g/mol. The van der Waals surface area contributed by atoms with Crippen LogP contribution in [0.4, 0.5) is 5.82 Å². The maximum atomic E-state index is 4.69. The molecule has 1 aliphatic rings. The maximum absolute atomic E-state index is 4.69. The molecule has 5 nitrogen and oxygen atoms in total. The zero-order valence-electron chi connectivity index (χ0n) is 12.7. The second-order valence-corrected chi connectivity index (χ2v) is 6.66. The van der Waals surface area contributed by atoms with Gasteiger partial charge in [0.1, 0.15) is 5.52 Å². The third kappa shape index (κ3) is 2.38. The summed E-state index contributed by atoms with van der Waals surface area (Å²) in [6, 6.07) is 2.67. The van der Waals surface area contributed by atoms with Crippen molar-refractivity contribution in [2.24, 2.45) is 0 Å². The van der Waals surface area contributed by atoms with Crippen LogP contribution in [0.5, 0.6) is 0 Å². The van der Waals surface area contributed by atoms with Crippen LogP contribution < -0.4 is 10.2 Å². The zero-order chi connectivity index (χ0) is 14.3. The van der Waals surface area contributed by atoms with E-state index < -0.39 is 0 Å². The summed E-state index contributed by atoms with van der Waals surface area (Å²) in [7, 11) is 0. The molecule has 0 saturated carbocycles. The number of aromatic nitrogens is 3. The van der Waals surface area contributed by atoms with Crippen LogP contribution >= 0.6 is 0 Å². The lowest BCUT2D eigenvalue weighted by atomic mass is 9.92. The molecule has 3 rings (SSSR count). The standard InChI is InChI=1S/C15H23N5/c1-11-10-19(7-5-16-11)14-12-9-13(15(2,3)4)18-20(12)8-6-17-14/h6,8-9,11,16H,5,7,10H2,1-4H3. The highest BCUT2D eigenvalue weighted by atomic mass is 15.3. The van der Waals surface area contributed by atoms with Gasteiger partial charge in [0.2, 0.25) is 0 Å². The van der Waals surface area contributed by atoms with Gasteiger partial charge in [-0.3, -0.25) is 0 Å². The van der Waals surface area contributed by atoms with Crippen molar-refractivity contribution in [1.29, 1.82) is 0 Å². The van der Waals surface area contributed by atoms with E-state index in [4.69, 9.17) is 5.10 Å². The molecule has 2 aromatic rings. The van der Waals surface area contributed by atoms with Gasteiger partial charge >= 0.3 is 0 Å². The largest absolute Gasteiger partial charge is 0.352 e. The average Bonchev–Trinajstić information content (AvgIpc) is 2.82. The monoisotopic (exact) mass is 273 g/mol. The number of anilines is 1. The average molecular weight is 273 g/mol. The predicted octanol–water partition coefficient (Wildman–Crippen LogP) is 1.82. The molecule has 1 fully saturated rings. The molecule has 1 unspecified atom stereocenters. The minimum Gasteiger partial charge on any atom is -0.352 e. The van der Waals surface area contributed by atoms with Crippen LogP contribution in [-0.2, 0) is 5.41 Å². The Morgan fingerprint density at radius 2 is 2.15 bits per heavy atom. The van der Waals surface area contributed by atoms with Gasteiger partial charge in [-0.15, -0.1) is 0 Å². The molecule has 0 aromatic carbocycles. The van der Waals surface area contributed by atoms with Gasteiger partial charge in [-0.25, -0.2) is 9.50 Å². The van der Waals surface area contributed by atoms with Gasteiger partial charge in [0.05, 0.1) is 5.69 Å². The van der Waals surface area contributed by atoms with E-state index in [2.05, 4.69) is 49.0 Å². The van der Waals surface area contributed by atoms with E-state index in [1.807, 2.05) is 16.9 Å². The topological polar surface area (TPSA) is 45.5 Å². The Labute approximate surface area is 120 Å². The summed E-state index contributed by atoms with van der Waals surface area (Å²) in [5, 5.41) is 8.16. The van der Waals surface area contributed by atoms with Crippen molar-refractivity contribution < 1.29 is 0 Å². The van der Waals surface area contributed by atoms with E-state index in [9.17, 15) is 0 Å². The second-order valence-electron chi connectivity index (χ2n) is 6.66. The number of piperazine rings is 1. The van der Waals surface area contributed by atoms with Crippen LogP contribution in [0.2, 0.25) is 0 Å². The fraction of sp³-hybridized carbons (Fsp3) is 0.600. The number of nitrogens with one attached hydrogen (secondary N) is 1. The van der Waals surface area contributed by atoms with Gasteiger partial charge in [-0.05, 0) is 13.0 Å². The van der Waals surface area contributed by atoms with Gasteiger partial charge in [0.25, 0.3) is 0 Å². The summed E-state index contributed by atoms with van der Waals surface area (Å²) in [6.45, 7) is 11.8. The Balaban J connectivity index is 2.04. The number of nitrogens with zero attached hydrogens (tertiary/aromatic N) is 4. The summed E-state index contributed by atoms with van der Waals surface area (Å²) in [5.41, 5.74) is 2.27. The van der Waals surface area contributed by atoms with Gasteiger partial charge in [-0.2, -0.15) is 5.10 Å². The first kappa shape index (κ1) is 13.4. The highest BCUT2D eigenvalue weighted by Gasteiger charge is 2.22. The van der Waals surface area contributed by atoms with Crippen molar-refractivity contribution in [2.75, 3.05) is 24.5 Å². The molecule has 0 spiro atoms. The van der Waals surface area contributed by atoms with E-state index in [0.717, 1.165) is 36.7 Å². The molecule has 1 N–H and O–H groups in total. The van der Waals surface area contributed by atoms with Gasteiger partial charge in [0.15, 0.2) is 5.82 Å². The fourth-order valence-electron chi connectivity index (χ4n) is 2.64. The first-order chi connectivity index (χ1) is 9.45. The van der Waals surface area contributed by atoms with Crippen molar-refractivity contribution in [3.05, 3.63) is 24.2 Å². The third-order valence-corrected chi connectivity index (χ3v) is 3.81. The summed E-state index contributed by atoms with van der Waals surface area (Å²) in [4.78, 5) is 6.95. The summed E-state index contributed by atoms with van der Waals surface area (Å²) in [6.07, 6.45) is 3.77. The fourth-order valence-corrected chi connectivity index (χ4v) is 2.64. The molecule has 0 bridgehead atoms. The van der Waals surface area contributed by atoms with Gasteiger partial charge in [-0.1, -0.05) is 20.8 Å². The molecular formula is C15H23N5. The van der Waals surface area contributed by atoms with E-state index in [1.165, 1.54) is 0 Å². The van der Waals surface area contributed by atoms with Crippen molar-refractivity contribution in [3.63, 3.8) is 0 Å². The van der Waals surface area contributed by atoms with Crippen LogP contribution in [0, 0.1) is 0 Å². The van der Waals surface area contributed by atoms with E-state index in [-0.39, 0.29) is 5.41 Å². The lowest BCUT2D eigenvalue weighted by Crippen LogP contribution is -2.49. The highest BCUT2D eigenvalue weighted by Crippen LogP contribution is 2.26. The van der Waals surface area contributed by atoms with Gasteiger partial charge < -0.3 is 10.2 Å². The lowest BCUT2D eigenvalue weighted by Gasteiger charge is -2.32. The SMILES string of the molecule is CC1CN(c2nccn3nc(C(C)(C)C)cc23)CCN1. The van der Waals surface area contributed by atoms with Crippen LogP contribution in [0.1, 0.15) is 33.4 Å². The van der Waals surface area contributed by atoms with E-state index >= 15 is 0 Å². The van der Waals surface area contributed by atoms with Crippen molar-refractivity contribution in [2.45, 2.75) is 39.2 Å². The second kappa shape index (κ2) is 4.74. The van der Waals surface area contributed by atoms with Crippen molar-refractivity contribution in [3.8, 4) is 0 Å². The molecule has 2 aromatic heterocycles. The third-order valence-electron chi connectivity index (χ3n) is 3.81. The Bertz CT molecular complexity index is 610. The van der Waals surface area contributed by atoms with Crippen LogP contribution in [0.3, 0.4) is 0 Å². The quantitative estimate of drug-likeness (QED) is 0.861. The minimum atomic E-state index is 0.0556. The Kier molecular flexibility index (Phi) is 3.17. The molecule has 0 aliphatic carbocycles. The number of hydrogen-bond donors (Lipinski definition) is 1. The normalized spacial score (nSPS) is 20.6. The molecule has 0 radical (unpaired) electrons. The Morgan fingerprint density at radius 3 is 2.85 bits per heavy atom. The predicted molar refractivity (Wildman–Crippen MR) is 81.4 cm³/mol. The van der Waals surface area contributed by atoms with Crippen LogP contribution in [0.25, 0.3) is 5.52 Å². The molecule has 5 heteroatoms. The Morgan fingerprint density at radius 1 is 1.35 bits per heavy atom. The molecule has 1 aliphatic heterocycles. The molecule has 1 saturated heterocycles. The number of fused-ring (bicyclic) bond motifs is 1. The summed E-state index contributed by atoms with van der Waals surface area (Å²) in [5.74, 6) is 1.05. The lowest BCUT2D eigenvalue weighted by molar-refractivity contribution is 0.482. The van der Waals surface area contributed by atoms with Crippen molar-refractivity contribution >= 4 is 11.3 Å². The molecule has 20 heavy (non-hydrogen) atoms. The molecule has 3 heterocycles. The van der Waals surface area contributed by atoms with E-state index in [1.54, 1.807) is 0 Å². The maximum Gasteiger partial charge on any atom is 0.154 e. The molecule has 1 atom stereocenters. The van der Waals surface area contributed by atoms with Gasteiger partial charge in [0, 0.05) is 43.5 Å². The highest BCUT2D eigenvalue weighted by molar-refractivity contribution is 5.69. The number of hydrogen-bond acceptors (Lipinski definition) is 4. The summed E-state index contributed by atoms with van der Waals surface area (Å²) < 4.78 is 1.95. The van der Waals surface area contributed by atoms with Crippen LogP contribution in [-0.4, -0.2) is 40.3 Å². The summed E-state index contributed by atoms with van der Waals surface area (Å²) >= 11 is 0. The van der Waals surface area contributed by atoms with Crippen LogP contribution in [0.15, 0.2) is 18.5 Å². The molecule has 108 valence electrons. The molecule has 0 amide bonds. The first-order valence-electron chi connectivity index (χ1n) is 7.28. The van der Waals surface area contributed by atoms with Crippen molar-refractivity contribution in [1.82, 2.24) is 19.9 Å². The first-order valence-corrected chi connectivity index (χ1v) is 7.28. The smallest absolute Gasteiger partial charge is 0.154 e. The zero-order valence-corrected chi connectivity index (χ0v) is 12.7. The minimum absolute atomic E-state index is 0.0556.